The van der Waals surface area contributed by atoms with Crippen LogP contribution in [0.3, 0.4) is 0 Å². The maximum atomic E-state index is 11.3. The molecular formula is C12H19ClN2OS. The van der Waals surface area contributed by atoms with Gasteiger partial charge in [-0.05, 0) is 12.5 Å². The minimum absolute atomic E-state index is 0. The molecule has 3 N–H and O–H groups in total. The molecule has 0 heterocycles. The van der Waals surface area contributed by atoms with Crippen LogP contribution in [-0.2, 0) is 10.5 Å². The first-order valence-corrected chi connectivity index (χ1v) is 6.48. The second kappa shape index (κ2) is 9.33. The summed E-state index contributed by atoms with van der Waals surface area (Å²) in [5, 5.41) is 2.74. The minimum atomic E-state index is 0. The number of benzene rings is 1. The first-order valence-electron chi connectivity index (χ1n) is 5.32. The van der Waals surface area contributed by atoms with E-state index >= 15 is 0 Å². The number of hydrogen-bond donors (Lipinski definition) is 2. The van der Waals surface area contributed by atoms with Crippen molar-refractivity contribution >= 4 is 30.1 Å². The second-order valence-corrected chi connectivity index (χ2v) is 4.60. The number of nitrogens with two attached hydrogens (primary N) is 1. The molecule has 0 aliphatic carbocycles. The smallest absolute Gasteiger partial charge is 0.230 e. The van der Waals surface area contributed by atoms with Crippen molar-refractivity contribution in [2.45, 2.75) is 12.7 Å². The summed E-state index contributed by atoms with van der Waals surface area (Å²) in [4.78, 5) is 11.3. The first-order chi connectivity index (χ1) is 7.72. The van der Waals surface area contributed by atoms with Gasteiger partial charge in [-0.15, -0.1) is 24.2 Å². The molecule has 3 nitrogen and oxygen atoms in total. The minimum Gasteiger partial charge on any atom is -0.354 e. The maximum absolute atomic E-state index is 11.3. The molecule has 0 saturated heterocycles. The molecule has 0 unspecified atom stereocenters. The number of aryl methyl sites for hydroxylation is 1. The number of amides is 1. The first kappa shape index (κ1) is 16.3. The summed E-state index contributed by atoms with van der Waals surface area (Å²) >= 11 is 1.62. The summed E-state index contributed by atoms with van der Waals surface area (Å²) in [6.45, 7) is 3.12. The Labute approximate surface area is 113 Å². The fourth-order valence-corrected chi connectivity index (χ4v) is 2.03. The number of nitrogens with one attached hydrogen (secondary N) is 1. The second-order valence-electron chi connectivity index (χ2n) is 3.62. The Morgan fingerprint density at radius 2 is 2.00 bits per heavy atom. The Kier molecular flexibility index (Phi) is 8.94. The van der Waals surface area contributed by atoms with E-state index in [4.69, 9.17) is 5.73 Å². The van der Waals surface area contributed by atoms with Crippen molar-refractivity contribution in [3.05, 3.63) is 35.4 Å². The molecule has 5 heteroatoms. The molecule has 1 amide bonds. The van der Waals surface area contributed by atoms with Gasteiger partial charge in [0.05, 0.1) is 5.75 Å². The van der Waals surface area contributed by atoms with Crippen LogP contribution in [0.1, 0.15) is 11.1 Å². The van der Waals surface area contributed by atoms with Gasteiger partial charge in [0.2, 0.25) is 5.91 Å². The van der Waals surface area contributed by atoms with Crippen LogP contribution in [0.15, 0.2) is 24.3 Å². The highest BCUT2D eigenvalue weighted by molar-refractivity contribution is 7.99. The molecule has 1 aromatic rings. The summed E-state index contributed by atoms with van der Waals surface area (Å²) in [5.41, 5.74) is 7.80. The van der Waals surface area contributed by atoms with Crippen molar-refractivity contribution in [2.75, 3.05) is 18.8 Å². The zero-order valence-electron chi connectivity index (χ0n) is 9.94. The van der Waals surface area contributed by atoms with Gasteiger partial charge in [-0.3, -0.25) is 4.79 Å². The molecule has 17 heavy (non-hydrogen) atoms. The number of hydrogen-bond acceptors (Lipinski definition) is 3. The Morgan fingerprint density at radius 1 is 1.35 bits per heavy atom. The van der Waals surface area contributed by atoms with E-state index < -0.39 is 0 Å². The van der Waals surface area contributed by atoms with Crippen molar-refractivity contribution in [3.63, 3.8) is 0 Å². The predicted molar refractivity (Wildman–Crippen MR) is 76.7 cm³/mol. The van der Waals surface area contributed by atoms with Gasteiger partial charge in [0.15, 0.2) is 0 Å². The normalized spacial score (nSPS) is 9.53. The highest BCUT2D eigenvalue weighted by atomic mass is 35.5. The van der Waals surface area contributed by atoms with Crippen LogP contribution in [0.2, 0.25) is 0 Å². The lowest BCUT2D eigenvalue weighted by Crippen LogP contribution is -2.30. The lowest BCUT2D eigenvalue weighted by molar-refractivity contribution is -0.118. The molecule has 0 radical (unpaired) electrons. The number of halogens is 1. The van der Waals surface area contributed by atoms with Crippen LogP contribution in [0.5, 0.6) is 0 Å². The van der Waals surface area contributed by atoms with E-state index in [1.165, 1.54) is 11.1 Å². The van der Waals surface area contributed by atoms with Gasteiger partial charge in [0.25, 0.3) is 0 Å². The largest absolute Gasteiger partial charge is 0.354 e. The van der Waals surface area contributed by atoms with Crippen LogP contribution in [0.4, 0.5) is 0 Å². The summed E-state index contributed by atoms with van der Waals surface area (Å²) in [7, 11) is 0. The van der Waals surface area contributed by atoms with E-state index in [2.05, 4.69) is 36.5 Å². The van der Waals surface area contributed by atoms with Crippen LogP contribution < -0.4 is 11.1 Å². The van der Waals surface area contributed by atoms with E-state index in [-0.39, 0.29) is 18.3 Å². The van der Waals surface area contributed by atoms with E-state index in [0.29, 0.717) is 18.8 Å². The molecule has 96 valence electrons. The van der Waals surface area contributed by atoms with Gasteiger partial charge in [0.1, 0.15) is 0 Å². The van der Waals surface area contributed by atoms with Crippen molar-refractivity contribution in [1.82, 2.24) is 5.32 Å². The summed E-state index contributed by atoms with van der Waals surface area (Å²) in [6, 6.07) is 8.37. The Morgan fingerprint density at radius 3 is 2.59 bits per heavy atom. The van der Waals surface area contributed by atoms with Crippen molar-refractivity contribution in [3.8, 4) is 0 Å². The van der Waals surface area contributed by atoms with Crippen molar-refractivity contribution in [2.24, 2.45) is 5.73 Å². The van der Waals surface area contributed by atoms with E-state index in [9.17, 15) is 4.79 Å². The van der Waals surface area contributed by atoms with Gasteiger partial charge < -0.3 is 11.1 Å². The summed E-state index contributed by atoms with van der Waals surface area (Å²) in [5.74, 6) is 1.42. The molecular weight excluding hydrogens is 256 g/mol. The fraction of sp³-hybridized carbons (Fsp3) is 0.417. The van der Waals surface area contributed by atoms with Gasteiger partial charge in [-0.25, -0.2) is 0 Å². The fourth-order valence-electron chi connectivity index (χ4n) is 1.21. The molecule has 0 aromatic heterocycles. The van der Waals surface area contributed by atoms with E-state index in [1.807, 2.05) is 0 Å². The van der Waals surface area contributed by atoms with Gasteiger partial charge >= 0.3 is 0 Å². The lowest BCUT2D eigenvalue weighted by atomic mass is 10.2. The average Bonchev–Trinajstić information content (AvgIpc) is 2.29. The maximum Gasteiger partial charge on any atom is 0.230 e. The number of carbonyl (C=O) groups is 1. The highest BCUT2D eigenvalue weighted by Crippen LogP contribution is 2.12. The highest BCUT2D eigenvalue weighted by Gasteiger charge is 2.00. The standard InChI is InChI=1S/C12H18N2OS.ClH/c1-10-2-4-11(5-3-10)8-16-9-12(15)14-7-6-13;/h2-5H,6-9,13H2,1H3,(H,14,15);1H. The zero-order valence-corrected chi connectivity index (χ0v) is 11.6. The Bertz CT molecular complexity index is 330. The molecule has 1 aromatic carbocycles. The van der Waals surface area contributed by atoms with E-state index in [1.54, 1.807) is 11.8 Å². The van der Waals surface area contributed by atoms with Crippen LogP contribution >= 0.6 is 24.2 Å². The number of rotatable bonds is 6. The van der Waals surface area contributed by atoms with E-state index in [0.717, 1.165) is 5.75 Å². The zero-order chi connectivity index (χ0) is 11.8. The van der Waals surface area contributed by atoms with Crippen molar-refractivity contribution < 1.29 is 4.79 Å². The molecule has 0 aliphatic rings. The predicted octanol–water partition coefficient (Wildman–Crippen LogP) is 1.72. The Balaban J connectivity index is 0.00000256. The van der Waals surface area contributed by atoms with Crippen molar-refractivity contribution in [1.29, 1.82) is 0 Å². The molecule has 0 fully saturated rings. The number of carbonyl (C=O) groups excluding carboxylic acids is 1. The van der Waals surface area contributed by atoms with Crippen LogP contribution in [0, 0.1) is 6.92 Å². The molecule has 0 bridgehead atoms. The third kappa shape index (κ3) is 7.26. The number of thioether (sulfide) groups is 1. The third-order valence-corrected chi connectivity index (χ3v) is 3.09. The van der Waals surface area contributed by atoms with Gasteiger partial charge in [-0.1, -0.05) is 29.8 Å². The summed E-state index contributed by atoms with van der Waals surface area (Å²) < 4.78 is 0. The van der Waals surface area contributed by atoms with Gasteiger partial charge in [-0.2, -0.15) is 0 Å². The molecule has 0 aliphatic heterocycles. The SMILES string of the molecule is Cc1ccc(CSCC(=O)NCCN)cc1.Cl. The lowest BCUT2D eigenvalue weighted by Gasteiger charge is -2.04. The monoisotopic (exact) mass is 274 g/mol. The Hall–Kier alpha value is -0.710. The van der Waals surface area contributed by atoms with Crippen LogP contribution in [0.25, 0.3) is 0 Å². The molecule has 0 spiro atoms. The van der Waals surface area contributed by atoms with Crippen LogP contribution in [-0.4, -0.2) is 24.7 Å². The quantitative estimate of drug-likeness (QED) is 0.831. The molecule has 1 rings (SSSR count). The summed E-state index contributed by atoms with van der Waals surface area (Å²) in [6.07, 6.45) is 0. The topological polar surface area (TPSA) is 55.1 Å². The third-order valence-electron chi connectivity index (χ3n) is 2.09. The molecule has 0 atom stereocenters. The molecule has 0 saturated carbocycles. The van der Waals surface area contributed by atoms with Gasteiger partial charge in [0, 0.05) is 18.8 Å². The average molecular weight is 275 g/mol.